The van der Waals surface area contributed by atoms with Gasteiger partial charge in [0, 0.05) is 12.1 Å². The summed E-state index contributed by atoms with van der Waals surface area (Å²) in [5, 5.41) is 15.8. The van der Waals surface area contributed by atoms with E-state index in [2.05, 4.69) is 64.9 Å². The smallest absolute Gasteiger partial charge is 0.205 e. The maximum atomic E-state index is 4.22. The van der Waals surface area contributed by atoms with Gasteiger partial charge in [-0.2, -0.15) is 0 Å². The zero-order valence-electron chi connectivity index (χ0n) is 10.1. The van der Waals surface area contributed by atoms with Gasteiger partial charge in [0.05, 0.1) is 0 Å². The third kappa shape index (κ3) is 2.07. The molecule has 0 aliphatic rings. The highest BCUT2D eigenvalue weighted by atomic mass is 32.1. The summed E-state index contributed by atoms with van der Waals surface area (Å²) in [6.45, 7) is 2.92. The molecule has 1 N–H and O–H groups in total. The Hall–Kier alpha value is -1.94. The number of nitrogens with zero attached hydrogens (tertiary/aromatic N) is 2. The largest absolute Gasteiger partial charge is 0.360 e. The fraction of sp³-hybridized carbons (Fsp3) is 0.143. The first-order chi connectivity index (χ1) is 8.86. The lowest BCUT2D eigenvalue weighted by atomic mass is 10.1. The molecule has 90 valence electrons. The molecule has 0 atom stereocenters. The predicted molar refractivity (Wildman–Crippen MR) is 77.0 cm³/mol. The zero-order valence-corrected chi connectivity index (χ0v) is 10.9. The summed E-state index contributed by atoms with van der Waals surface area (Å²) in [5.41, 5.74) is 1.12. The molecule has 0 radical (unpaired) electrons. The summed E-state index contributed by atoms with van der Waals surface area (Å²) in [6.07, 6.45) is 0. The van der Waals surface area contributed by atoms with Crippen LogP contribution in [0.2, 0.25) is 0 Å². The highest BCUT2D eigenvalue weighted by molar-refractivity contribution is 7.18. The molecule has 0 saturated heterocycles. The molecule has 18 heavy (non-hydrogen) atoms. The van der Waals surface area contributed by atoms with Crippen LogP contribution in [-0.2, 0) is 0 Å². The summed E-state index contributed by atoms with van der Waals surface area (Å²) >= 11 is 1.59. The minimum absolute atomic E-state index is 0.867. The Kier molecular flexibility index (Phi) is 2.94. The number of hydrogen-bond acceptors (Lipinski definition) is 4. The van der Waals surface area contributed by atoms with Gasteiger partial charge >= 0.3 is 0 Å². The number of aromatic nitrogens is 2. The van der Waals surface area contributed by atoms with E-state index in [1.54, 1.807) is 11.3 Å². The number of rotatable bonds is 3. The summed E-state index contributed by atoms with van der Waals surface area (Å²) < 4.78 is 0. The van der Waals surface area contributed by atoms with Crippen LogP contribution in [0.4, 0.5) is 5.13 Å². The van der Waals surface area contributed by atoms with Crippen LogP contribution in [0.3, 0.4) is 0 Å². The molecular weight excluding hydrogens is 242 g/mol. The number of hydrogen-bond donors (Lipinski definition) is 1. The van der Waals surface area contributed by atoms with Crippen LogP contribution in [0.5, 0.6) is 0 Å². The van der Waals surface area contributed by atoms with Crippen molar-refractivity contribution in [1.82, 2.24) is 10.2 Å². The van der Waals surface area contributed by atoms with Crippen LogP contribution in [0.1, 0.15) is 6.92 Å². The first-order valence-corrected chi connectivity index (χ1v) is 6.75. The zero-order chi connectivity index (χ0) is 12.4. The van der Waals surface area contributed by atoms with Crippen LogP contribution in [0.15, 0.2) is 42.5 Å². The van der Waals surface area contributed by atoms with Gasteiger partial charge in [-0.05, 0) is 23.8 Å². The Labute approximate surface area is 109 Å². The average Bonchev–Trinajstić information content (AvgIpc) is 2.87. The summed E-state index contributed by atoms with van der Waals surface area (Å²) in [5.74, 6) is 0. The van der Waals surface area contributed by atoms with E-state index in [1.807, 2.05) is 0 Å². The van der Waals surface area contributed by atoms with Crippen molar-refractivity contribution in [2.75, 3.05) is 11.9 Å². The van der Waals surface area contributed by atoms with Crippen molar-refractivity contribution in [1.29, 1.82) is 0 Å². The van der Waals surface area contributed by atoms with Gasteiger partial charge in [-0.25, -0.2) is 0 Å². The van der Waals surface area contributed by atoms with Crippen molar-refractivity contribution < 1.29 is 0 Å². The molecule has 1 heterocycles. The van der Waals surface area contributed by atoms with Crippen LogP contribution >= 0.6 is 11.3 Å². The van der Waals surface area contributed by atoms with Crippen molar-refractivity contribution in [3.8, 4) is 10.6 Å². The topological polar surface area (TPSA) is 37.8 Å². The second-order valence-corrected chi connectivity index (χ2v) is 4.98. The van der Waals surface area contributed by atoms with Crippen molar-refractivity contribution >= 4 is 27.2 Å². The SMILES string of the molecule is CCNc1nnc(-c2ccc3ccccc3c2)s1. The lowest BCUT2D eigenvalue weighted by molar-refractivity contribution is 1.07. The lowest BCUT2D eigenvalue weighted by Gasteiger charge is -1.99. The number of anilines is 1. The fourth-order valence-electron chi connectivity index (χ4n) is 1.88. The molecule has 3 nitrogen and oxygen atoms in total. The van der Waals surface area contributed by atoms with Gasteiger partial charge in [-0.3, -0.25) is 0 Å². The van der Waals surface area contributed by atoms with Gasteiger partial charge < -0.3 is 5.32 Å². The third-order valence-electron chi connectivity index (χ3n) is 2.75. The Morgan fingerprint density at radius 3 is 2.72 bits per heavy atom. The van der Waals surface area contributed by atoms with Gasteiger partial charge in [0.2, 0.25) is 5.13 Å². The average molecular weight is 255 g/mol. The standard InChI is InChI=1S/C14H13N3S/c1-2-15-14-17-16-13(18-14)12-8-7-10-5-3-4-6-11(10)9-12/h3-9H,2H2,1H3,(H,15,17). The third-order valence-corrected chi connectivity index (χ3v) is 3.68. The van der Waals surface area contributed by atoms with Crippen LogP contribution in [0, 0.1) is 0 Å². The fourth-order valence-corrected chi connectivity index (χ4v) is 2.69. The minimum atomic E-state index is 0.867. The number of benzene rings is 2. The molecular formula is C14H13N3S. The molecule has 0 bridgehead atoms. The first kappa shape index (κ1) is 11.2. The van der Waals surface area contributed by atoms with Gasteiger partial charge in [0.25, 0.3) is 0 Å². The predicted octanol–water partition coefficient (Wildman–Crippen LogP) is 3.79. The molecule has 0 aliphatic carbocycles. The monoisotopic (exact) mass is 255 g/mol. The van der Waals surface area contributed by atoms with E-state index in [9.17, 15) is 0 Å². The minimum Gasteiger partial charge on any atom is -0.360 e. The van der Waals surface area contributed by atoms with E-state index in [-0.39, 0.29) is 0 Å². The van der Waals surface area contributed by atoms with E-state index in [4.69, 9.17) is 0 Å². The molecule has 0 aliphatic heterocycles. The maximum Gasteiger partial charge on any atom is 0.205 e. The second kappa shape index (κ2) is 4.74. The molecule has 4 heteroatoms. The van der Waals surface area contributed by atoms with Crippen molar-refractivity contribution in [3.05, 3.63) is 42.5 Å². The quantitative estimate of drug-likeness (QED) is 0.773. The Morgan fingerprint density at radius 2 is 1.89 bits per heavy atom. The Balaban J connectivity index is 2.02. The highest BCUT2D eigenvalue weighted by Crippen LogP contribution is 2.28. The molecule has 0 unspecified atom stereocenters. The van der Waals surface area contributed by atoms with Crippen LogP contribution in [0.25, 0.3) is 21.3 Å². The molecule has 3 aromatic rings. The summed E-state index contributed by atoms with van der Waals surface area (Å²) in [7, 11) is 0. The van der Waals surface area contributed by atoms with E-state index in [0.29, 0.717) is 0 Å². The summed E-state index contributed by atoms with van der Waals surface area (Å²) in [6, 6.07) is 14.7. The Morgan fingerprint density at radius 1 is 1.06 bits per heavy atom. The van der Waals surface area contributed by atoms with Crippen LogP contribution < -0.4 is 5.32 Å². The first-order valence-electron chi connectivity index (χ1n) is 5.93. The highest BCUT2D eigenvalue weighted by Gasteiger charge is 2.06. The van der Waals surface area contributed by atoms with Gasteiger partial charge in [-0.1, -0.05) is 47.7 Å². The normalized spacial score (nSPS) is 10.7. The molecule has 0 amide bonds. The van der Waals surface area contributed by atoms with Gasteiger partial charge in [0.15, 0.2) is 0 Å². The maximum absolute atomic E-state index is 4.22. The number of nitrogens with one attached hydrogen (secondary N) is 1. The van der Waals surface area contributed by atoms with Crippen molar-refractivity contribution in [2.24, 2.45) is 0 Å². The molecule has 0 spiro atoms. The Bertz CT molecular complexity index is 675. The van der Waals surface area contributed by atoms with Crippen molar-refractivity contribution in [3.63, 3.8) is 0 Å². The van der Waals surface area contributed by atoms with Crippen LogP contribution in [-0.4, -0.2) is 16.7 Å². The van der Waals surface area contributed by atoms with E-state index in [1.165, 1.54) is 10.8 Å². The lowest BCUT2D eigenvalue weighted by Crippen LogP contribution is -1.94. The molecule has 2 aromatic carbocycles. The molecule has 1 aromatic heterocycles. The molecule has 0 saturated carbocycles. The van der Waals surface area contributed by atoms with E-state index >= 15 is 0 Å². The van der Waals surface area contributed by atoms with Crippen molar-refractivity contribution in [2.45, 2.75) is 6.92 Å². The molecule has 3 rings (SSSR count). The molecule has 0 fully saturated rings. The van der Waals surface area contributed by atoms with E-state index in [0.717, 1.165) is 22.2 Å². The second-order valence-electron chi connectivity index (χ2n) is 4.00. The van der Waals surface area contributed by atoms with Gasteiger partial charge in [0.1, 0.15) is 5.01 Å². The van der Waals surface area contributed by atoms with E-state index < -0.39 is 0 Å². The summed E-state index contributed by atoms with van der Waals surface area (Å²) in [4.78, 5) is 0. The van der Waals surface area contributed by atoms with Gasteiger partial charge in [-0.15, -0.1) is 10.2 Å². The number of fused-ring (bicyclic) bond motifs is 1.